The fourth-order valence-corrected chi connectivity index (χ4v) is 2.92. The Bertz CT molecular complexity index is 734. The third-order valence-corrected chi connectivity index (χ3v) is 4.22. The number of unbranched alkanes of at least 4 members (excludes halogenated alkanes) is 1. The van der Waals surface area contributed by atoms with Crippen molar-refractivity contribution in [1.29, 1.82) is 10.5 Å². The monoisotopic (exact) mass is 309 g/mol. The molecule has 1 heterocycles. The number of Topliss-reactive ketones (excluding diaryl/α,β-unsaturated/α-hetero) is 1. The lowest BCUT2D eigenvalue weighted by molar-refractivity contribution is -0.119. The van der Waals surface area contributed by atoms with Crippen molar-refractivity contribution in [3.05, 3.63) is 40.2 Å². The summed E-state index contributed by atoms with van der Waals surface area (Å²) in [6.45, 7) is 2.01. The number of aromatic nitrogens is 1. The topological polar surface area (TPSA) is 77.5 Å². The van der Waals surface area contributed by atoms with Crippen molar-refractivity contribution in [2.75, 3.05) is 0 Å². The Morgan fingerprint density at radius 3 is 2.64 bits per heavy atom. The molecule has 5 heteroatoms. The number of thiazole rings is 1. The van der Waals surface area contributed by atoms with E-state index in [0.29, 0.717) is 17.0 Å². The van der Waals surface area contributed by atoms with Crippen LogP contribution in [0.15, 0.2) is 29.6 Å². The molecule has 1 aromatic carbocycles. The van der Waals surface area contributed by atoms with Gasteiger partial charge in [0.2, 0.25) is 0 Å². The highest BCUT2D eigenvalue weighted by Gasteiger charge is 2.23. The zero-order valence-electron chi connectivity index (χ0n) is 12.2. The normalized spacial score (nSPS) is 11.4. The molecule has 0 aliphatic rings. The molecule has 22 heavy (non-hydrogen) atoms. The van der Waals surface area contributed by atoms with Gasteiger partial charge in [0.15, 0.2) is 11.7 Å². The van der Waals surface area contributed by atoms with Crippen LogP contribution in [0, 0.1) is 22.7 Å². The minimum Gasteiger partial charge on any atom is -0.298 e. The van der Waals surface area contributed by atoms with Gasteiger partial charge in [-0.05, 0) is 18.6 Å². The standard InChI is InChI=1S/C17H15N3OS/c1-2-3-4-16(21)14(10-19)17-20-15(11-22-17)13-7-5-12(9-18)6-8-13/h5-8,11,14H,2-4H2,1H3. The number of ketones is 1. The van der Waals surface area contributed by atoms with Crippen LogP contribution < -0.4 is 0 Å². The third kappa shape index (κ3) is 3.58. The lowest BCUT2D eigenvalue weighted by atomic mass is 10.0. The van der Waals surface area contributed by atoms with Crippen molar-refractivity contribution in [1.82, 2.24) is 4.98 Å². The number of benzene rings is 1. The quantitative estimate of drug-likeness (QED) is 0.806. The fourth-order valence-electron chi connectivity index (χ4n) is 2.03. The maximum Gasteiger partial charge on any atom is 0.156 e. The molecule has 0 radical (unpaired) electrons. The van der Waals surface area contributed by atoms with Gasteiger partial charge in [-0.25, -0.2) is 4.98 Å². The van der Waals surface area contributed by atoms with Crippen molar-refractivity contribution >= 4 is 17.1 Å². The highest BCUT2D eigenvalue weighted by atomic mass is 32.1. The first-order chi connectivity index (χ1) is 10.7. The van der Waals surface area contributed by atoms with Gasteiger partial charge in [-0.15, -0.1) is 11.3 Å². The number of carbonyl (C=O) groups is 1. The SMILES string of the molecule is CCCCC(=O)C(C#N)c1nc(-c2ccc(C#N)cc2)cs1. The molecule has 1 unspecified atom stereocenters. The van der Waals surface area contributed by atoms with E-state index in [1.54, 1.807) is 12.1 Å². The van der Waals surface area contributed by atoms with Gasteiger partial charge in [-0.3, -0.25) is 4.79 Å². The van der Waals surface area contributed by atoms with E-state index in [9.17, 15) is 10.1 Å². The first-order valence-electron chi connectivity index (χ1n) is 7.08. The van der Waals surface area contributed by atoms with E-state index in [0.717, 1.165) is 24.1 Å². The summed E-state index contributed by atoms with van der Waals surface area (Å²) in [7, 11) is 0. The Kier molecular flexibility index (Phi) is 5.41. The average molecular weight is 309 g/mol. The zero-order valence-corrected chi connectivity index (χ0v) is 13.1. The van der Waals surface area contributed by atoms with E-state index < -0.39 is 5.92 Å². The smallest absolute Gasteiger partial charge is 0.156 e. The minimum atomic E-state index is -0.774. The molecule has 0 amide bonds. The van der Waals surface area contributed by atoms with Crippen LogP contribution >= 0.6 is 11.3 Å². The Morgan fingerprint density at radius 2 is 2.05 bits per heavy atom. The average Bonchev–Trinajstić information content (AvgIpc) is 3.03. The summed E-state index contributed by atoms with van der Waals surface area (Å²) in [5.41, 5.74) is 2.19. The molecular formula is C17H15N3OS. The van der Waals surface area contributed by atoms with Crippen LogP contribution in [0.3, 0.4) is 0 Å². The lowest BCUT2D eigenvalue weighted by Crippen LogP contribution is -2.10. The first kappa shape index (κ1) is 15.9. The molecule has 2 rings (SSSR count). The van der Waals surface area contributed by atoms with Crippen molar-refractivity contribution in [3.63, 3.8) is 0 Å². The molecule has 0 fully saturated rings. The predicted octanol–water partition coefficient (Wildman–Crippen LogP) is 4.05. The molecule has 0 bridgehead atoms. The van der Waals surface area contributed by atoms with Gasteiger partial charge < -0.3 is 0 Å². The largest absolute Gasteiger partial charge is 0.298 e. The molecule has 0 aliphatic heterocycles. The van der Waals surface area contributed by atoms with Crippen molar-refractivity contribution < 1.29 is 4.79 Å². The third-order valence-electron chi connectivity index (χ3n) is 3.31. The first-order valence-corrected chi connectivity index (χ1v) is 7.95. The van der Waals surface area contributed by atoms with Gasteiger partial charge in [0, 0.05) is 17.4 Å². The summed E-state index contributed by atoms with van der Waals surface area (Å²) in [6.07, 6.45) is 2.14. The number of hydrogen-bond donors (Lipinski definition) is 0. The molecule has 0 aliphatic carbocycles. The van der Waals surface area contributed by atoms with Crippen LogP contribution in [0.25, 0.3) is 11.3 Å². The second-order valence-corrected chi connectivity index (χ2v) is 5.78. The number of nitrogens with zero attached hydrogens (tertiary/aromatic N) is 3. The molecule has 0 spiro atoms. The van der Waals surface area contributed by atoms with E-state index >= 15 is 0 Å². The van der Waals surface area contributed by atoms with Crippen LogP contribution in [0.4, 0.5) is 0 Å². The van der Waals surface area contributed by atoms with Gasteiger partial charge in [-0.1, -0.05) is 25.5 Å². The Balaban J connectivity index is 2.20. The summed E-state index contributed by atoms with van der Waals surface area (Å²) < 4.78 is 0. The van der Waals surface area contributed by atoms with Crippen molar-refractivity contribution in [2.45, 2.75) is 32.1 Å². The molecular weight excluding hydrogens is 294 g/mol. The number of rotatable bonds is 6. The van der Waals surface area contributed by atoms with Crippen molar-refractivity contribution in [2.24, 2.45) is 0 Å². The maximum absolute atomic E-state index is 12.1. The summed E-state index contributed by atoms with van der Waals surface area (Å²) in [5.74, 6) is -0.839. The molecule has 110 valence electrons. The van der Waals surface area contributed by atoms with Gasteiger partial charge >= 0.3 is 0 Å². The molecule has 0 saturated carbocycles. The summed E-state index contributed by atoms with van der Waals surface area (Å²) in [6, 6.07) is 11.2. The van der Waals surface area contributed by atoms with Gasteiger partial charge in [-0.2, -0.15) is 10.5 Å². The summed E-state index contributed by atoms with van der Waals surface area (Å²) in [5, 5.41) is 20.4. The van der Waals surface area contributed by atoms with E-state index in [2.05, 4.69) is 17.1 Å². The highest BCUT2D eigenvalue weighted by molar-refractivity contribution is 7.10. The number of hydrogen-bond acceptors (Lipinski definition) is 5. The molecule has 2 aromatic rings. The molecule has 0 N–H and O–H groups in total. The lowest BCUT2D eigenvalue weighted by Gasteiger charge is -2.04. The summed E-state index contributed by atoms with van der Waals surface area (Å²) in [4.78, 5) is 16.5. The van der Waals surface area contributed by atoms with Gasteiger partial charge in [0.05, 0.1) is 23.4 Å². The number of carbonyl (C=O) groups excluding carboxylic acids is 1. The Hall–Kier alpha value is -2.50. The Labute approximate surface area is 133 Å². The van der Waals surface area contributed by atoms with Crippen LogP contribution in [0.5, 0.6) is 0 Å². The van der Waals surface area contributed by atoms with Crippen LogP contribution in [-0.2, 0) is 4.79 Å². The van der Waals surface area contributed by atoms with Crippen LogP contribution in [0.2, 0.25) is 0 Å². The van der Waals surface area contributed by atoms with Crippen LogP contribution in [-0.4, -0.2) is 10.8 Å². The number of nitriles is 2. The Morgan fingerprint density at radius 1 is 1.32 bits per heavy atom. The predicted molar refractivity (Wildman–Crippen MR) is 85.2 cm³/mol. The molecule has 1 atom stereocenters. The second-order valence-electron chi connectivity index (χ2n) is 4.89. The zero-order chi connectivity index (χ0) is 15.9. The van der Waals surface area contributed by atoms with Gasteiger partial charge in [0.1, 0.15) is 5.01 Å². The van der Waals surface area contributed by atoms with E-state index in [1.165, 1.54) is 11.3 Å². The maximum atomic E-state index is 12.1. The van der Waals surface area contributed by atoms with E-state index in [-0.39, 0.29) is 5.78 Å². The van der Waals surface area contributed by atoms with Gasteiger partial charge in [0.25, 0.3) is 0 Å². The van der Waals surface area contributed by atoms with Crippen molar-refractivity contribution in [3.8, 4) is 23.4 Å². The van der Waals surface area contributed by atoms with Crippen LogP contribution in [0.1, 0.15) is 42.7 Å². The van der Waals surface area contributed by atoms with E-state index in [4.69, 9.17) is 5.26 Å². The van der Waals surface area contributed by atoms with E-state index in [1.807, 2.05) is 24.4 Å². The molecule has 0 saturated heterocycles. The minimum absolute atomic E-state index is 0.0647. The highest BCUT2D eigenvalue weighted by Crippen LogP contribution is 2.28. The second kappa shape index (κ2) is 7.49. The molecule has 1 aromatic heterocycles. The fraction of sp³-hybridized carbons (Fsp3) is 0.294. The summed E-state index contributed by atoms with van der Waals surface area (Å²) >= 11 is 1.33. The molecule has 4 nitrogen and oxygen atoms in total.